The van der Waals surface area contributed by atoms with Crippen LogP contribution in [0.5, 0.6) is 0 Å². The number of carbonyl (C=O) groups excluding carboxylic acids is 1. The Labute approximate surface area is 118 Å². The first-order valence-electron chi connectivity index (χ1n) is 6.70. The maximum absolute atomic E-state index is 12.4. The fourth-order valence-electron chi connectivity index (χ4n) is 2.46. The molecule has 1 aliphatic heterocycles. The average molecular weight is 268 g/mol. The van der Waals surface area contributed by atoms with Crippen LogP contribution in [0.3, 0.4) is 0 Å². The summed E-state index contributed by atoms with van der Waals surface area (Å²) in [5, 5.41) is 21.2. The second-order valence-corrected chi connectivity index (χ2v) is 4.70. The van der Waals surface area contributed by atoms with Crippen LogP contribution in [-0.2, 0) is 4.79 Å². The van der Waals surface area contributed by atoms with Crippen molar-refractivity contribution in [1.82, 2.24) is 5.32 Å². The van der Waals surface area contributed by atoms with Crippen molar-refractivity contribution in [3.63, 3.8) is 0 Å². The molecule has 1 saturated heterocycles. The van der Waals surface area contributed by atoms with Gasteiger partial charge in [0.15, 0.2) is 0 Å². The molecule has 20 heavy (non-hydrogen) atoms. The lowest BCUT2D eigenvalue weighted by Crippen LogP contribution is -2.50. The Morgan fingerprint density at radius 2 is 2.10 bits per heavy atom. The number of nitriles is 2. The lowest BCUT2D eigenvalue weighted by atomic mass is 10.0. The average Bonchev–Trinajstić information content (AvgIpc) is 2.49. The number of benzene rings is 1. The van der Waals surface area contributed by atoms with Crippen molar-refractivity contribution in [2.45, 2.75) is 25.8 Å². The molecule has 1 atom stereocenters. The number of likely N-dealkylation sites (N-methyl/N-ethyl adjacent to an activating group) is 1. The molecule has 0 saturated carbocycles. The molecule has 0 spiro atoms. The third kappa shape index (κ3) is 2.64. The Bertz CT molecular complexity index is 595. The number of amides is 1. The van der Waals surface area contributed by atoms with Crippen LogP contribution in [0.15, 0.2) is 18.2 Å². The van der Waals surface area contributed by atoms with Crippen molar-refractivity contribution in [2.24, 2.45) is 0 Å². The summed E-state index contributed by atoms with van der Waals surface area (Å²) < 4.78 is 0. The lowest BCUT2D eigenvalue weighted by Gasteiger charge is -2.32. The molecular weight excluding hydrogens is 252 g/mol. The zero-order valence-electron chi connectivity index (χ0n) is 11.4. The smallest absolute Gasteiger partial charge is 0.244 e. The standard InChI is InChI=1S/C15H16N4O/c1-2-18-14-4-3-7-19(15(14)20)13-6-5-11(9-16)12(8-13)10-17/h5-6,8,14,18H,2-4,7H2,1H3. The summed E-state index contributed by atoms with van der Waals surface area (Å²) in [5.74, 6) is 0.0340. The van der Waals surface area contributed by atoms with E-state index in [0.717, 1.165) is 19.4 Å². The fourth-order valence-corrected chi connectivity index (χ4v) is 2.46. The Hall–Kier alpha value is -2.37. The maximum Gasteiger partial charge on any atom is 0.244 e. The number of hydrogen-bond donors (Lipinski definition) is 1. The first-order chi connectivity index (χ1) is 9.71. The molecule has 1 aromatic carbocycles. The summed E-state index contributed by atoms with van der Waals surface area (Å²) in [6.45, 7) is 3.38. The molecule has 5 heteroatoms. The van der Waals surface area contributed by atoms with Crippen molar-refractivity contribution in [3.8, 4) is 12.1 Å². The minimum atomic E-state index is -0.157. The van der Waals surface area contributed by atoms with Gasteiger partial charge in [0.1, 0.15) is 12.1 Å². The molecule has 1 heterocycles. The number of piperidine rings is 1. The van der Waals surface area contributed by atoms with Crippen molar-refractivity contribution in [1.29, 1.82) is 10.5 Å². The summed E-state index contributed by atoms with van der Waals surface area (Å²) >= 11 is 0. The van der Waals surface area contributed by atoms with Crippen LogP contribution in [0.4, 0.5) is 5.69 Å². The van der Waals surface area contributed by atoms with E-state index in [1.807, 2.05) is 19.1 Å². The van der Waals surface area contributed by atoms with Crippen LogP contribution in [0.1, 0.15) is 30.9 Å². The van der Waals surface area contributed by atoms with E-state index < -0.39 is 0 Å². The highest BCUT2D eigenvalue weighted by molar-refractivity contribution is 5.98. The van der Waals surface area contributed by atoms with Crippen molar-refractivity contribution in [2.75, 3.05) is 18.0 Å². The number of nitrogens with one attached hydrogen (secondary N) is 1. The van der Waals surface area contributed by atoms with Gasteiger partial charge in [-0.1, -0.05) is 6.92 Å². The topological polar surface area (TPSA) is 79.9 Å². The van der Waals surface area contributed by atoms with Gasteiger partial charge < -0.3 is 10.2 Å². The Balaban J connectivity index is 2.29. The van der Waals surface area contributed by atoms with Gasteiger partial charge >= 0.3 is 0 Å². The number of anilines is 1. The van der Waals surface area contributed by atoms with Gasteiger partial charge in [-0.3, -0.25) is 4.79 Å². The van der Waals surface area contributed by atoms with Gasteiger partial charge in [-0.25, -0.2) is 0 Å². The predicted octanol–water partition coefficient (Wildman–Crippen LogP) is 1.53. The van der Waals surface area contributed by atoms with Gasteiger partial charge in [0.2, 0.25) is 5.91 Å². The first kappa shape index (κ1) is 14.0. The van der Waals surface area contributed by atoms with Crippen molar-refractivity contribution >= 4 is 11.6 Å². The molecule has 0 aliphatic carbocycles. The predicted molar refractivity (Wildman–Crippen MR) is 74.9 cm³/mol. The molecule has 102 valence electrons. The van der Waals surface area contributed by atoms with Crippen LogP contribution < -0.4 is 10.2 Å². The zero-order chi connectivity index (χ0) is 14.5. The van der Waals surface area contributed by atoms with Crippen LogP contribution in [0.2, 0.25) is 0 Å². The Morgan fingerprint density at radius 1 is 1.35 bits per heavy atom. The van der Waals surface area contributed by atoms with E-state index in [2.05, 4.69) is 5.32 Å². The molecule has 1 amide bonds. The van der Waals surface area contributed by atoms with E-state index in [1.165, 1.54) is 0 Å². The zero-order valence-corrected chi connectivity index (χ0v) is 11.4. The van der Waals surface area contributed by atoms with Crippen LogP contribution >= 0.6 is 0 Å². The SMILES string of the molecule is CCNC1CCCN(c2ccc(C#N)c(C#N)c2)C1=O. The summed E-state index contributed by atoms with van der Waals surface area (Å²) in [6.07, 6.45) is 1.76. The second-order valence-electron chi connectivity index (χ2n) is 4.70. The summed E-state index contributed by atoms with van der Waals surface area (Å²) in [5.41, 5.74) is 1.33. The quantitative estimate of drug-likeness (QED) is 0.901. The first-order valence-corrected chi connectivity index (χ1v) is 6.70. The summed E-state index contributed by atoms with van der Waals surface area (Å²) in [6, 6.07) is 8.76. The summed E-state index contributed by atoms with van der Waals surface area (Å²) in [7, 11) is 0. The lowest BCUT2D eigenvalue weighted by molar-refractivity contribution is -0.121. The maximum atomic E-state index is 12.4. The normalized spacial score (nSPS) is 18.4. The molecule has 1 aliphatic rings. The van der Waals surface area contributed by atoms with Crippen LogP contribution in [0, 0.1) is 22.7 Å². The Morgan fingerprint density at radius 3 is 2.75 bits per heavy atom. The fraction of sp³-hybridized carbons (Fsp3) is 0.400. The monoisotopic (exact) mass is 268 g/mol. The number of carbonyl (C=O) groups is 1. The largest absolute Gasteiger partial charge is 0.311 e. The van der Waals surface area contributed by atoms with Crippen molar-refractivity contribution in [3.05, 3.63) is 29.3 Å². The van der Waals surface area contributed by atoms with Crippen LogP contribution in [-0.4, -0.2) is 25.0 Å². The molecule has 0 aromatic heterocycles. The van der Waals surface area contributed by atoms with E-state index in [-0.39, 0.29) is 11.9 Å². The minimum absolute atomic E-state index is 0.0340. The molecule has 1 aromatic rings. The van der Waals surface area contributed by atoms with Gasteiger partial charge in [0.25, 0.3) is 0 Å². The highest BCUT2D eigenvalue weighted by atomic mass is 16.2. The van der Waals surface area contributed by atoms with E-state index in [9.17, 15) is 4.79 Å². The Kier molecular flexibility index (Phi) is 4.34. The molecule has 1 unspecified atom stereocenters. The third-order valence-electron chi connectivity index (χ3n) is 3.44. The molecule has 0 radical (unpaired) electrons. The second kappa shape index (κ2) is 6.18. The highest BCUT2D eigenvalue weighted by Crippen LogP contribution is 2.23. The molecule has 1 fully saturated rings. The van der Waals surface area contributed by atoms with E-state index in [4.69, 9.17) is 10.5 Å². The van der Waals surface area contributed by atoms with E-state index >= 15 is 0 Å². The number of nitrogens with zero attached hydrogens (tertiary/aromatic N) is 3. The van der Waals surface area contributed by atoms with Gasteiger partial charge in [-0.15, -0.1) is 0 Å². The third-order valence-corrected chi connectivity index (χ3v) is 3.44. The molecule has 0 bridgehead atoms. The number of hydrogen-bond acceptors (Lipinski definition) is 4. The van der Waals surface area contributed by atoms with E-state index in [1.54, 1.807) is 23.1 Å². The molecule has 5 nitrogen and oxygen atoms in total. The van der Waals surface area contributed by atoms with Gasteiger partial charge in [-0.05, 0) is 37.6 Å². The highest BCUT2D eigenvalue weighted by Gasteiger charge is 2.29. The van der Waals surface area contributed by atoms with Crippen LogP contribution in [0.25, 0.3) is 0 Å². The van der Waals surface area contributed by atoms with Crippen molar-refractivity contribution < 1.29 is 4.79 Å². The van der Waals surface area contributed by atoms with Gasteiger partial charge in [-0.2, -0.15) is 10.5 Å². The summed E-state index contributed by atoms with van der Waals surface area (Å²) in [4.78, 5) is 14.1. The van der Waals surface area contributed by atoms with E-state index in [0.29, 0.717) is 23.4 Å². The minimum Gasteiger partial charge on any atom is -0.311 e. The number of rotatable bonds is 3. The van der Waals surface area contributed by atoms with Gasteiger partial charge in [0, 0.05) is 12.2 Å². The molecule has 1 N–H and O–H groups in total. The molecule has 2 rings (SSSR count). The molecular formula is C15H16N4O. The van der Waals surface area contributed by atoms with Gasteiger partial charge in [0.05, 0.1) is 17.2 Å².